The van der Waals surface area contributed by atoms with Crippen molar-refractivity contribution in [3.8, 4) is 11.1 Å². The fourth-order valence-corrected chi connectivity index (χ4v) is 4.19. The normalized spacial score (nSPS) is 14.2. The van der Waals surface area contributed by atoms with Gasteiger partial charge in [0.25, 0.3) is 6.85 Å². The molecule has 0 atom stereocenters. The third-order valence-electron chi connectivity index (χ3n) is 4.50. The molecule has 2 aromatic carbocycles. The van der Waals surface area contributed by atoms with Crippen LogP contribution in [0.3, 0.4) is 0 Å². The Bertz CT molecular complexity index is 632. The van der Waals surface area contributed by atoms with Gasteiger partial charge in [0.1, 0.15) is 0 Å². The summed E-state index contributed by atoms with van der Waals surface area (Å²) in [7, 11) is 0. The van der Waals surface area contributed by atoms with Gasteiger partial charge in [-0.2, -0.15) is 0 Å². The molecule has 0 radical (unpaired) electrons. The molecule has 0 fully saturated rings. The van der Waals surface area contributed by atoms with Crippen molar-refractivity contribution in [3.05, 3.63) is 48.5 Å². The molecule has 0 spiro atoms. The van der Waals surface area contributed by atoms with Crippen molar-refractivity contribution < 1.29 is 0 Å². The van der Waals surface area contributed by atoms with Crippen molar-refractivity contribution >= 4 is 17.8 Å². The quantitative estimate of drug-likeness (QED) is 0.725. The minimum Gasteiger partial charge on any atom is -0.325 e. The summed E-state index contributed by atoms with van der Waals surface area (Å²) in [6.45, 7) is 14.3. The molecule has 1 aliphatic heterocycles. The molecule has 3 rings (SSSR count). The fourth-order valence-electron chi connectivity index (χ4n) is 4.19. The molecular weight excluding hydrogens is 265 g/mol. The number of hydrogen-bond acceptors (Lipinski definition) is 1. The van der Waals surface area contributed by atoms with E-state index in [0.717, 1.165) is 0 Å². The topological polar surface area (TPSA) is 3.24 Å². The number of hydrogen-bond donors (Lipinski definition) is 0. The summed E-state index contributed by atoms with van der Waals surface area (Å²) in [5.41, 5.74) is 5.84. The van der Waals surface area contributed by atoms with Crippen LogP contribution in [-0.2, 0) is 0 Å². The van der Waals surface area contributed by atoms with E-state index in [-0.39, 0.29) is 11.1 Å². The number of benzene rings is 2. The molecule has 0 aliphatic carbocycles. The van der Waals surface area contributed by atoms with Gasteiger partial charge in [0, 0.05) is 11.1 Å². The number of fused-ring (bicyclic) bond motifs is 3. The van der Waals surface area contributed by atoms with E-state index in [1.54, 1.807) is 0 Å². The van der Waals surface area contributed by atoms with Crippen molar-refractivity contribution in [2.24, 2.45) is 0 Å². The monoisotopic (exact) mass is 291 g/mol. The second-order valence-corrected chi connectivity index (χ2v) is 8.29. The van der Waals surface area contributed by atoms with Gasteiger partial charge in [-0.25, -0.2) is 0 Å². The summed E-state index contributed by atoms with van der Waals surface area (Å²) < 4.78 is 0. The maximum atomic E-state index is 2.66. The van der Waals surface area contributed by atoms with E-state index in [0.29, 0.717) is 6.85 Å². The van der Waals surface area contributed by atoms with Gasteiger partial charge in [-0.15, -0.1) is 0 Å². The highest BCUT2D eigenvalue weighted by atomic mass is 15.2. The highest BCUT2D eigenvalue weighted by Gasteiger charge is 2.45. The van der Waals surface area contributed by atoms with Crippen LogP contribution in [0.1, 0.15) is 41.5 Å². The van der Waals surface area contributed by atoms with Gasteiger partial charge in [0.05, 0.1) is 0 Å². The highest BCUT2D eigenvalue weighted by molar-refractivity contribution is 6.87. The maximum Gasteiger partial charge on any atom is 0.294 e. The summed E-state index contributed by atoms with van der Waals surface area (Å²) in [6.07, 6.45) is 0. The van der Waals surface area contributed by atoms with E-state index in [4.69, 9.17) is 0 Å². The summed E-state index contributed by atoms with van der Waals surface area (Å²) in [6, 6.07) is 17.7. The van der Waals surface area contributed by atoms with Gasteiger partial charge in [0.2, 0.25) is 0 Å². The van der Waals surface area contributed by atoms with Crippen molar-refractivity contribution in [2.45, 2.75) is 52.6 Å². The standard InChI is InChI=1S/C20H26BN/c1-19(2,3)22(20(4,5)6)21-17-13-9-7-11-15(17)16-12-8-10-14-18(16)21/h7-14H,1-6H3. The predicted octanol–water partition coefficient (Wildman–Crippen LogP) is 3.67. The Balaban J connectivity index is 2.26. The lowest BCUT2D eigenvalue weighted by molar-refractivity contribution is 0.137. The molecule has 114 valence electrons. The zero-order valence-electron chi connectivity index (χ0n) is 14.6. The zero-order valence-corrected chi connectivity index (χ0v) is 14.6. The van der Waals surface area contributed by atoms with Crippen LogP contribution < -0.4 is 10.9 Å². The summed E-state index contributed by atoms with van der Waals surface area (Å²) in [5.74, 6) is 0. The van der Waals surface area contributed by atoms with Crippen LogP contribution in [-0.4, -0.2) is 22.7 Å². The summed E-state index contributed by atoms with van der Waals surface area (Å²) in [4.78, 5) is 2.66. The van der Waals surface area contributed by atoms with E-state index < -0.39 is 0 Å². The molecule has 22 heavy (non-hydrogen) atoms. The molecule has 2 heteroatoms. The average molecular weight is 291 g/mol. The van der Waals surface area contributed by atoms with Crippen LogP contribution >= 0.6 is 0 Å². The van der Waals surface area contributed by atoms with Gasteiger partial charge < -0.3 is 4.81 Å². The molecule has 0 amide bonds. The lowest BCUT2D eigenvalue weighted by Gasteiger charge is -2.49. The predicted molar refractivity (Wildman–Crippen MR) is 98.2 cm³/mol. The van der Waals surface area contributed by atoms with Crippen LogP contribution in [0.2, 0.25) is 0 Å². The molecule has 1 heterocycles. The smallest absolute Gasteiger partial charge is 0.294 e. The van der Waals surface area contributed by atoms with Gasteiger partial charge in [-0.3, -0.25) is 0 Å². The van der Waals surface area contributed by atoms with Gasteiger partial charge in [0.15, 0.2) is 0 Å². The molecule has 0 bridgehead atoms. The first-order valence-electron chi connectivity index (χ1n) is 8.19. The molecule has 0 N–H and O–H groups in total. The molecule has 1 nitrogen and oxygen atoms in total. The molecule has 0 aromatic heterocycles. The third-order valence-corrected chi connectivity index (χ3v) is 4.50. The van der Waals surface area contributed by atoms with Gasteiger partial charge in [-0.1, -0.05) is 48.5 Å². The Hall–Kier alpha value is -1.54. The van der Waals surface area contributed by atoms with Crippen LogP contribution in [0.5, 0.6) is 0 Å². The second-order valence-electron chi connectivity index (χ2n) is 8.29. The fraction of sp³-hybridized carbons (Fsp3) is 0.400. The van der Waals surface area contributed by atoms with E-state index in [9.17, 15) is 0 Å². The number of rotatable bonds is 1. The summed E-state index contributed by atoms with van der Waals surface area (Å²) >= 11 is 0. The lowest BCUT2D eigenvalue weighted by atomic mass is 9.49. The third kappa shape index (κ3) is 2.40. The minimum absolute atomic E-state index is 0.0908. The highest BCUT2D eigenvalue weighted by Crippen LogP contribution is 2.31. The lowest BCUT2D eigenvalue weighted by Crippen LogP contribution is -2.67. The Labute approximate surface area is 135 Å². The Morgan fingerprint density at radius 3 is 1.36 bits per heavy atom. The Kier molecular flexibility index (Phi) is 3.49. The Morgan fingerprint density at radius 2 is 1.00 bits per heavy atom. The first kappa shape index (κ1) is 15.4. The molecule has 0 saturated heterocycles. The second kappa shape index (κ2) is 4.99. The van der Waals surface area contributed by atoms with E-state index >= 15 is 0 Å². The van der Waals surface area contributed by atoms with Crippen molar-refractivity contribution in [3.63, 3.8) is 0 Å². The largest absolute Gasteiger partial charge is 0.325 e. The zero-order chi connectivity index (χ0) is 16.1. The van der Waals surface area contributed by atoms with Gasteiger partial charge in [-0.05, 0) is 63.6 Å². The molecule has 1 aliphatic rings. The SMILES string of the molecule is CC(C)(C)N(B1c2ccccc2-c2ccccc21)C(C)(C)C. The first-order valence-corrected chi connectivity index (χ1v) is 8.19. The maximum absolute atomic E-state index is 2.66. The molecule has 0 unspecified atom stereocenters. The van der Waals surface area contributed by atoms with Crippen LogP contribution in [0.4, 0.5) is 0 Å². The summed E-state index contributed by atoms with van der Waals surface area (Å²) in [5, 5.41) is 0. The van der Waals surface area contributed by atoms with Crippen molar-refractivity contribution in [1.29, 1.82) is 0 Å². The van der Waals surface area contributed by atoms with Crippen LogP contribution in [0.25, 0.3) is 11.1 Å². The minimum atomic E-state index is 0.0908. The average Bonchev–Trinajstić information content (AvgIpc) is 2.72. The van der Waals surface area contributed by atoms with E-state index in [2.05, 4.69) is 94.9 Å². The Morgan fingerprint density at radius 1 is 0.636 bits per heavy atom. The number of nitrogens with zero attached hydrogens (tertiary/aromatic N) is 1. The van der Waals surface area contributed by atoms with Crippen molar-refractivity contribution in [1.82, 2.24) is 4.81 Å². The van der Waals surface area contributed by atoms with Crippen LogP contribution in [0.15, 0.2) is 48.5 Å². The van der Waals surface area contributed by atoms with E-state index in [1.807, 2.05) is 0 Å². The van der Waals surface area contributed by atoms with Gasteiger partial charge >= 0.3 is 0 Å². The first-order chi connectivity index (χ1) is 10.2. The van der Waals surface area contributed by atoms with E-state index in [1.165, 1.54) is 22.1 Å². The molecular formula is C20H26BN. The molecule has 0 saturated carbocycles. The van der Waals surface area contributed by atoms with Crippen LogP contribution in [0, 0.1) is 0 Å². The molecule has 2 aromatic rings. The van der Waals surface area contributed by atoms with Crippen molar-refractivity contribution in [2.75, 3.05) is 0 Å².